The van der Waals surface area contributed by atoms with Crippen LogP contribution < -0.4 is 5.32 Å². The minimum atomic E-state index is -0.436. The molecule has 1 N–H and O–H groups in total. The SMILES string of the molecule is CN(CC(=O)Nc1cccc(F)c1)C(=O)C1CCN(C(=O)C(C)(C)C)CC1. The van der Waals surface area contributed by atoms with Crippen LogP contribution in [0.15, 0.2) is 24.3 Å². The summed E-state index contributed by atoms with van der Waals surface area (Å²) in [6.07, 6.45) is 1.19. The minimum absolute atomic E-state index is 0.0937. The van der Waals surface area contributed by atoms with Crippen LogP contribution in [0.25, 0.3) is 0 Å². The van der Waals surface area contributed by atoms with Gasteiger partial charge in [0, 0.05) is 37.2 Å². The molecule has 148 valence electrons. The van der Waals surface area contributed by atoms with E-state index in [9.17, 15) is 18.8 Å². The molecule has 1 fully saturated rings. The molecule has 0 aromatic heterocycles. The van der Waals surface area contributed by atoms with Crippen molar-refractivity contribution in [3.8, 4) is 0 Å². The number of likely N-dealkylation sites (tertiary alicyclic amines) is 1. The first kappa shape index (κ1) is 20.9. The monoisotopic (exact) mass is 377 g/mol. The maximum Gasteiger partial charge on any atom is 0.243 e. The molecule has 7 heteroatoms. The van der Waals surface area contributed by atoms with Crippen molar-refractivity contribution < 1.29 is 18.8 Å². The summed E-state index contributed by atoms with van der Waals surface area (Å²) in [5, 5.41) is 2.58. The highest BCUT2D eigenvalue weighted by molar-refractivity contribution is 5.94. The maximum absolute atomic E-state index is 13.2. The number of halogens is 1. The molecule has 0 atom stereocenters. The lowest BCUT2D eigenvalue weighted by Crippen LogP contribution is -2.47. The van der Waals surface area contributed by atoms with Crippen LogP contribution in [0.4, 0.5) is 10.1 Å². The number of piperidine rings is 1. The van der Waals surface area contributed by atoms with E-state index in [1.54, 1.807) is 18.0 Å². The summed E-state index contributed by atoms with van der Waals surface area (Å²) in [4.78, 5) is 40.2. The highest BCUT2D eigenvalue weighted by atomic mass is 19.1. The summed E-state index contributed by atoms with van der Waals surface area (Å²) >= 11 is 0. The highest BCUT2D eigenvalue weighted by Crippen LogP contribution is 2.24. The molecule has 0 unspecified atom stereocenters. The number of hydrogen-bond acceptors (Lipinski definition) is 3. The first-order valence-electron chi connectivity index (χ1n) is 9.17. The van der Waals surface area contributed by atoms with Gasteiger partial charge in [0.2, 0.25) is 17.7 Å². The van der Waals surface area contributed by atoms with Crippen LogP contribution in [-0.2, 0) is 14.4 Å². The van der Waals surface area contributed by atoms with Gasteiger partial charge in [-0.3, -0.25) is 14.4 Å². The topological polar surface area (TPSA) is 69.7 Å². The summed E-state index contributed by atoms with van der Waals surface area (Å²) in [7, 11) is 1.58. The normalized spacial score (nSPS) is 15.4. The van der Waals surface area contributed by atoms with E-state index >= 15 is 0 Å². The third kappa shape index (κ3) is 5.77. The van der Waals surface area contributed by atoms with E-state index in [4.69, 9.17) is 0 Å². The number of benzene rings is 1. The van der Waals surface area contributed by atoms with Crippen LogP contribution in [-0.4, -0.2) is 54.2 Å². The van der Waals surface area contributed by atoms with E-state index in [1.165, 1.54) is 23.1 Å². The van der Waals surface area contributed by atoms with Crippen molar-refractivity contribution in [2.45, 2.75) is 33.6 Å². The quantitative estimate of drug-likeness (QED) is 0.877. The minimum Gasteiger partial charge on any atom is -0.342 e. The van der Waals surface area contributed by atoms with Crippen LogP contribution in [0.5, 0.6) is 0 Å². The molecular weight excluding hydrogens is 349 g/mol. The van der Waals surface area contributed by atoms with Crippen molar-refractivity contribution in [1.29, 1.82) is 0 Å². The molecule has 0 saturated carbocycles. The molecule has 2 rings (SSSR count). The third-order valence-electron chi connectivity index (χ3n) is 4.64. The number of anilines is 1. The number of hydrogen-bond donors (Lipinski definition) is 1. The molecule has 0 radical (unpaired) electrons. The zero-order valence-electron chi connectivity index (χ0n) is 16.4. The van der Waals surface area contributed by atoms with Gasteiger partial charge in [-0.25, -0.2) is 4.39 Å². The van der Waals surface area contributed by atoms with E-state index in [0.29, 0.717) is 31.6 Å². The lowest BCUT2D eigenvalue weighted by Gasteiger charge is -2.36. The Morgan fingerprint density at radius 2 is 1.85 bits per heavy atom. The van der Waals surface area contributed by atoms with Crippen molar-refractivity contribution in [2.24, 2.45) is 11.3 Å². The van der Waals surface area contributed by atoms with E-state index in [2.05, 4.69) is 5.32 Å². The van der Waals surface area contributed by atoms with Gasteiger partial charge in [-0.15, -0.1) is 0 Å². The van der Waals surface area contributed by atoms with Gasteiger partial charge >= 0.3 is 0 Å². The van der Waals surface area contributed by atoms with Crippen molar-refractivity contribution in [3.05, 3.63) is 30.1 Å². The lowest BCUT2D eigenvalue weighted by molar-refractivity contribution is -0.144. The molecule has 0 spiro atoms. The highest BCUT2D eigenvalue weighted by Gasteiger charge is 2.33. The van der Waals surface area contributed by atoms with Crippen molar-refractivity contribution in [1.82, 2.24) is 9.80 Å². The second-order valence-corrected chi connectivity index (χ2v) is 8.07. The second-order valence-electron chi connectivity index (χ2n) is 8.07. The number of rotatable bonds is 4. The zero-order valence-corrected chi connectivity index (χ0v) is 16.4. The van der Waals surface area contributed by atoms with Crippen LogP contribution in [0, 0.1) is 17.2 Å². The Morgan fingerprint density at radius 1 is 1.22 bits per heavy atom. The van der Waals surface area contributed by atoms with E-state index in [-0.39, 0.29) is 30.2 Å². The maximum atomic E-state index is 13.2. The van der Waals surface area contributed by atoms with Crippen LogP contribution >= 0.6 is 0 Å². The summed E-state index contributed by atoms with van der Waals surface area (Å²) in [5.41, 5.74) is -0.0716. The predicted molar refractivity (Wildman–Crippen MR) is 101 cm³/mol. The van der Waals surface area contributed by atoms with Gasteiger partial charge in [-0.05, 0) is 31.0 Å². The van der Waals surface area contributed by atoms with Crippen LogP contribution in [0.2, 0.25) is 0 Å². The Bertz CT molecular complexity index is 707. The van der Waals surface area contributed by atoms with E-state index < -0.39 is 11.2 Å². The Balaban J connectivity index is 1.83. The number of carbonyl (C=O) groups is 3. The molecular formula is C20H28FN3O3. The summed E-state index contributed by atoms with van der Waals surface area (Å²) < 4.78 is 13.2. The second kappa shape index (κ2) is 8.50. The van der Waals surface area contributed by atoms with E-state index in [0.717, 1.165) is 0 Å². The number of nitrogens with one attached hydrogen (secondary N) is 1. The molecule has 1 aliphatic rings. The fraction of sp³-hybridized carbons (Fsp3) is 0.550. The molecule has 1 aliphatic heterocycles. The first-order valence-corrected chi connectivity index (χ1v) is 9.17. The Labute approximate surface area is 159 Å². The van der Waals surface area contributed by atoms with Crippen molar-refractivity contribution in [2.75, 3.05) is 32.0 Å². The fourth-order valence-electron chi connectivity index (χ4n) is 3.18. The van der Waals surface area contributed by atoms with Gasteiger partial charge in [-0.2, -0.15) is 0 Å². The molecule has 3 amide bonds. The number of amides is 3. The number of carbonyl (C=O) groups excluding carboxylic acids is 3. The zero-order chi connectivity index (χ0) is 20.2. The molecule has 1 aromatic rings. The van der Waals surface area contributed by atoms with E-state index in [1.807, 2.05) is 20.8 Å². The predicted octanol–water partition coefficient (Wildman–Crippen LogP) is 2.51. The van der Waals surface area contributed by atoms with Crippen molar-refractivity contribution in [3.63, 3.8) is 0 Å². The third-order valence-corrected chi connectivity index (χ3v) is 4.64. The van der Waals surface area contributed by atoms with Gasteiger partial charge in [0.1, 0.15) is 5.82 Å². The molecule has 1 heterocycles. The van der Waals surface area contributed by atoms with Gasteiger partial charge in [-0.1, -0.05) is 26.8 Å². The fourth-order valence-corrected chi connectivity index (χ4v) is 3.18. The van der Waals surface area contributed by atoms with Gasteiger partial charge < -0.3 is 15.1 Å². The van der Waals surface area contributed by atoms with Gasteiger partial charge in [0.25, 0.3) is 0 Å². The Kier molecular flexibility index (Phi) is 6.57. The summed E-state index contributed by atoms with van der Waals surface area (Å²) in [6.45, 7) is 6.66. The number of likely N-dealkylation sites (N-methyl/N-ethyl adjacent to an activating group) is 1. The smallest absolute Gasteiger partial charge is 0.243 e. The molecule has 6 nitrogen and oxygen atoms in total. The largest absolute Gasteiger partial charge is 0.342 e. The molecule has 1 saturated heterocycles. The Morgan fingerprint density at radius 3 is 2.41 bits per heavy atom. The Hall–Kier alpha value is -2.44. The molecule has 27 heavy (non-hydrogen) atoms. The van der Waals surface area contributed by atoms with Gasteiger partial charge in [0.15, 0.2) is 0 Å². The van der Waals surface area contributed by atoms with Crippen molar-refractivity contribution >= 4 is 23.4 Å². The molecule has 0 bridgehead atoms. The lowest BCUT2D eigenvalue weighted by atomic mass is 9.90. The summed E-state index contributed by atoms with van der Waals surface area (Å²) in [6, 6.07) is 5.61. The average molecular weight is 377 g/mol. The average Bonchev–Trinajstić information content (AvgIpc) is 2.59. The number of nitrogens with zero attached hydrogens (tertiary/aromatic N) is 2. The van der Waals surface area contributed by atoms with Crippen LogP contribution in [0.3, 0.4) is 0 Å². The molecule has 1 aromatic carbocycles. The van der Waals surface area contributed by atoms with Gasteiger partial charge in [0.05, 0.1) is 6.54 Å². The van der Waals surface area contributed by atoms with Crippen LogP contribution in [0.1, 0.15) is 33.6 Å². The molecule has 0 aliphatic carbocycles. The summed E-state index contributed by atoms with van der Waals surface area (Å²) in [5.74, 6) is -1.02. The standard InChI is InChI=1S/C20H28FN3O3/c1-20(2,3)19(27)24-10-8-14(9-11-24)18(26)23(4)13-17(25)22-16-7-5-6-15(21)12-16/h5-7,12,14H,8-11,13H2,1-4H3,(H,22,25). The first-order chi connectivity index (χ1) is 12.6.